The minimum atomic E-state index is -1.15. The Morgan fingerprint density at radius 1 is 1.16 bits per heavy atom. The number of carbonyl (C=O) groups excluding carboxylic acids is 2. The molecule has 0 heterocycles. The molecule has 1 aromatic rings. The number of benzene rings is 1. The molecule has 19 heavy (non-hydrogen) atoms. The van der Waals surface area contributed by atoms with Gasteiger partial charge in [0.1, 0.15) is 0 Å². The van der Waals surface area contributed by atoms with E-state index in [1.165, 1.54) is 12.1 Å². The van der Waals surface area contributed by atoms with Crippen LogP contribution >= 0.6 is 0 Å². The first-order chi connectivity index (χ1) is 8.95. The SMILES string of the molecule is CCOC(=O)CCC(=O)c1ccc(C)cc1C(=O)O. The first kappa shape index (κ1) is 14.9. The number of esters is 1. The van der Waals surface area contributed by atoms with Crippen LogP contribution in [0.4, 0.5) is 0 Å². The average molecular weight is 264 g/mol. The Morgan fingerprint density at radius 2 is 1.84 bits per heavy atom. The monoisotopic (exact) mass is 264 g/mol. The lowest BCUT2D eigenvalue weighted by Crippen LogP contribution is -2.12. The highest BCUT2D eigenvalue weighted by molar-refractivity contribution is 6.06. The number of ether oxygens (including phenoxy) is 1. The van der Waals surface area contributed by atoms with Crippen molar-refractivity contribution in [2.45, 2.75) is 26.7 Å². The normalized spacial score (nSPS) is 10.0. The van der Waals surface area contributed by atoms with Gasteiger partial charge in [-0.3, -0.25) is 9.59 Å². The van der Waals surface area contributed by atoms with E-state index in [4.69, 9.17) is 9.84 Å². The summed E-state index contributed by atoms with van der Waals surface area (Å²) in [4.78, 5) is 34.2. The first-order valence-corrected chi connectivity index (χ1v) is 5.98. The Kier molecular flexibility index (Phi) is 5.23. The van der Waals surface area contributed by atoms with E-state index in [1.807, 2.05) is 0 Å². The number of rotatable bonds is 6. The van der Waals surface area contributed by atoms with Crippen molar-refractivity contribution in [2.24, 2.45) is 0 Å². The topological polar surface area (TPSA) is 80.7 Å². The van der Waals surface area contributed by atoms with Crippen molar-refractivity contribution in [3.05, 3.63) is 34.9 Å². The molecule has 0 aliphatic carbocycles. The molecule has 0 radical (unpaired) electrons. The highest BCUT2D eigenvalue weighted by atomic mass is 16.5. The van der Waals surface area contributed by atoms with E-state index in [0.717, 1.165) is 5.56 Å². The van der Waals surface area contributed by atoms with Gasteiger partial charge in [0.05, 0.1) is 18.6 Å². The maximum absolute atomic E-state index is 11.9. The number of hydrogen-bond acceptors (Lipinski definition) is 4. The minimum absolute atomic E-state index is 0.0335. The van der Waals surface area contributed by atoms with Gasteiger partial charge in [0, 0.05) is 12.0 Å². The quantitative estimate of drug-likeness (QED) is 0.629. The van der Waals surface area contributed by atoms with Gasteiger partial charge in [0.2, 0.25) is 0 Å². The van der Waals surface area contributed by atoms with Crippen LogP contribution in [-0.2, 0) is 9.53 Å². The summed E-state index contributed by atoms with van der Waals surface area (Å²) in [7, 11) is 0. The summed E-state index contributed by atoms with van der Waals surface area (Å²) in [6, 6.07) is 4.59. The highest BCUT2D eigenvalue weighted by Crippen LogP contribution is 2.15. The molecule has 0 amide bonds. The number of aromatic carboxylic acids is 1. The molecule has 0 aliphatic heterocycles. The van der Waals surface area contributed by atoms with Gasteiger partial charge in [0.25, 0.3) is 0 Å². The molecule has 5 nitrogen and oxygen atoms in total. The van der Waals surface area contributed by atoms with Gasteiger partial charge in [-0.1, -0.05) is 17.7 Å². The molecule has 1 N–H and O–H groups in total. The molecule has 0 aliphatic rings. The van der Waals surface area contributed by atoms with Crippen LogP contribution in [-0.4, -0.2) is 29.4 Å². The molecule has 0 saturated carbocycles. The van der Waals surface area contributed by atoms with Gasteiger partial charge in [-0.2, -0.15) is 0 Å². The number of ketones is 1. The van der Waals surface area contributed by atoms with Crippen LogP contribution in [0.3, 0.4) is 0 Å². The average Bonchev–Trinajstić information content (AvgIpc) is 2.36. The summed E-state index contributed by atoms with van der Waals surface area (Å²) in [6.07, 6.45) is -0.0955. The summed E-state index contributed by atoms with van der Waals surface area (Å²) < 4.78 is 4.72. The lowest BCUT2D eigenvalue weighted by molar-refractivity contribution is -0.143. The van der Waals surface area contributed by atoms with E-state index >= 15 is 0 Å². The van der Waals surface area contributed by atoms with E-state index in [1.54, 1.807) is 19.9 Å². The molecule has 0 bridgehead atoms. The molecule has 1 aromatic carbocycles. The number of carbonyl (C=O) groups is 3. The highest BCUT2D eigenvalue weighted by Gasteiger charge is 2.17. The van der Waals surface area contributed by atoms with Crippen molar-refractivity contribution in [2.75, 3.05) is 6.61 Å². The fourth-order valence-corrected chi connectivity index (χ4v) is 1.66. The Bertz CT molecular complexity index is 505. The van der Waals surface area contributed by atoms with Crippen molar-refractivity contribution < 1.29 is 24.2 Å². The van der Waals surface area contributed by atoms with E-state index in [9.17, 15) is 14.4 Å². The summed E-state index contributed by atoms with van der Waals surface area (Å²) in [5, 5.41) is 9.06. The second kappa shape index (κ2) is 6.68. The fraction of sp³-hybridized carbons (Fsp3) is 0.357. The maximum atomic E-state index is 11.9. The zero-order valence-corrected chi connectivity index (χ0v) is 10.9. The van der Waals surface area contributed by atoms with Gasteiger partial charge < -0.3 is 9.84 Å². The van der Waals surface area contributed by atoms with Crippen LogP contribution < -0.4 is 0 Å². The summed E-state index contributed by atoms with van der Waals surface area (Å²) in [6.45, 7) is 3.69. The largest absolute Gasteiger partial charge is 0.478 e. The van der Waals surface area contributed by atoms with Crippen molar-refractivity contribution in [1.29, 1.82) is 0 Å². The first-order valence-electron chi connectivity index (χ1n) is 5.98. The lowest BCUT2D eigenvalue weighted by atomic mass is 9.98. The van der Waals surface area contributed by atoms with Crippen LogP contribution in [0.1, 0.15) is 46.0 Å². The standard InChI is InChI=1S/C14H16O5/c1-3-19-13(16)7-6-12(15)10-5-4-9(2)8-11(10)14(17)18/h4-5,8H,3,6-7H2,1-2H3,(H,17,18). The van der Waals surface area contributed by atoms with E-state index in [2.05, 4.69) is 0 Å². The van der Waals surface area contributed by atoms with Crippen molar-refractivity contribution in [1.82, 2.24) is 0 Å². The molecule has 0 aromatic heterocycles. The van der Waals surface area contributed by atoms with Crippen LogP contribution in [0, 0.1) is 6.92 Å². The van der Waals surface area contributed by atoms with Crippen molar-refractivity contribution in [3.63, 3.8) is 0 Å². The third-order valence-electron chi connectivity index (χ3n) is 2.57. The molecule has 5 heteroatoms. The number of Topliss-reactive ketones (excluding diaryl/α,β-unsaturated/α-hetero) is 1. The van der Waals surface area contributed by atoms with Crippen molar-refractivity contribution in [3.8, 4) is 0 Å². The Balaban J connectivity index is 2.82. The third kappa shape index (κ3) is 4.21. The predicted octanol–water partition coefficient (Wildman–Crippen LogP) is 2.22. The molecule has 0 spiro atoms. The Hall–Kier alpha value is -2.17. The molecule has 0 atom stereocenters. The zero-order valence-electron chi connectivity index (χ0n) is 10.9. The molecule has 0 saturated heterocycles. The van der Waals surface area contributed by atoms with Crippen LogP contribution in [0.15, 0.2) is 18.2 Å². The predicted molar refractivity (Wildman–Crippen MR) is 68.3 cm³/mol. The zero-order chi connectivity index (χ0) is 14.4. The number of hydrogen-bond donors (Lipinski definition) is 1. The van der Waals surface area contributed by atoms with Crippen LogP contribution in [0.5, 0.6) is 0 Å². The summed E-state index contributed by atoms with van der Waals surface area (Å²) in [5.41, 5.74) is 0.857. The number of aryl methyl sites for hydroxylation is 1. The van der Waals surface area contributed by atoms with Crippen LogP contribution in [0.2, 0.25) is 0 Å². The Morgan fingerprint density at radius 3 is 2.42 bits per heavy atom. The molecule has 0 unspecified atom stereocenters. The van der Waals surface area contributed by atoms with Gasteiger partial charge in [-0.05, 0) is 19.9 Å². The van der Waals surface area contributed by atoms with Crippen LogP contribution in [0.25, 0.3) is 0 Å². The molecule has 1 rings (SSSR count). The second-order valence-corrected chi connectivity index (χ2v) is 4.08. The van der Waals surface area contributed by atoms with Gasteiger partial charge >= 0.3 is 11.9 Å². The molecular weight excluding hydrogens is 248 g/mol. The van der Waals surface area contributed by atoms with Crippen molar-refractivity contribution >= 4 is 17.7 Å². The summed E-state index contributed by atoms with van der Waals surface area (Å²) in [5.74, 6) is -1.98. The summed E-state index contributed by atoms with van der Waals surface area (Å²) >= 11 is 0. The third-order valence-corrected chi connectivity index (χ3v) is 2.57. The minimum Gasteiger partial charge on any atom is -0.478 e. The van der Waals surface area contributed by atoms with Gasteiger partial charge in [-0.25, -0.2) is 4.79 Å². The van der Waals surface area contributed by atoms with Gasteiger partial charge in [0.15, 0.2) is 5.78 Å². The smallest absolute Gasteiger partial charge is 0.336 e. The lowest BCUT2D eigenvalue weighted by Gasteiger charge is -2.06. The molecule has 0 fully saturated rings. The van der Waals surface area contributed by atoms with Gasteiger partial charge in [-0.15, -0.1) is 0 Å². The van der Waals surface area contributed by atoms with E-state index in [0.29, 0.717) is 0 Å². The van der Waals surface area contributed by atoms with E-state index < -0.39 is 11.9 Å². The number of carboxylic acid groups (broad SMARTS) is 1. The Labute approximate surface area is 111 Å². The molecular formula is C14H16O5. The fourth-order valence-electron chi connectivity index (χ4n) is 1.66. The van der Waals surface area contributed by atoms with E-state index in [-0.39, 0.29) is 36.4 Å². The second-order valence-electron chi connectivity index (χ2n) is 4.08. The molecule has 102 valence electrons. The number of carboxylic acids is 1. The maximum Gasteiger partial charge on any atom is 0.336 e.